The van der Waals surface area contributed by atoms with Crippen LogP contribution >= 0.6 is 0 Å². The number of carbonyl (C=O) groups is 1. The van der Waals surface area contributed by atoms with Crippen molar-refractivity contribution in [3.63, 3.8) is 0 Å². The lowest BCUT2D eigenvalue weighted by Crippen LogP contribution is -2.34. The molecule has 0 atom stereocenters. The third-order valence-electron chi connectivity index (χ3n) is 4.22. The van der Waals surface area contributed by atoms with Crippen molar-refractivity contribution in [2.75, 3.05) is 6.79 Å². The highest BCUT2D eigenvalue weighted by Crippen LogP contribution is 2.35. The summed E-state index contributed by atoms with van der Waals surface area (Å²) in [6, 6.07) is 10.1. The molecule has 2 aliphatic rings. The number of hydrogen-bond donors (Lipinski definition) is 2. The molecular formula is C19H19FN2O4. The van der Waals surface area contributed by atoms with E-state index in [-0.39, 0.29) is 31.7 Å². The Morgan fingerprint density at radius 3 is 2.62 bits per heavy atom. The lowest BCUT2D eigenvalue weighted by atomic mass is 10.2. The monoisotopic (exact) mass is 358 g/mol. The van der Waals surface area contributed by atoms with Gasteiger partial charge in [-0.3, -0.25) is 0 Å². The maximum Gasteiger partial charge on any atom is 0.315 e. The van der Waals surface area contributed by atoms with Gasteiger partial charge in [0.25, 0.3) is 0 Å². The van der Waals surface area contributed by atoms with Gasteiger partial charge in [0, 0.05) is 24.2 Å². The number of benzene rings is 2. The average molecular weight is 358 g/mol. The first-order valence-corrected chi connectivity index (χ1v) is 8.54. The number of ether oxygens (including phenoxy) is 3. The summed E-state index contributed by atoms with van der Waals surface area (Å²) in [6.45, 7) is 0.537. The largest absolute Gasteiger partial charge is 0.487 e. The molecule has 4 rings (SSSR count). The van der Waals surface area contributed by atoms with Crippen LogP contribution in [-0.4, -0.2) is 18.9 Å². The van der Waals surface area contributed by atoms with Gasteiger partial charge in [-0.1, -0.05) is 24.3 Å². The van der Waals surface area contributed by atoms with Gasteiger partial charge in [0.1, 0.15) is 0 Å². The van der Waals surface area contributed by atoms with E-state index in [9.17, 15) is 9.18 Å². The van der Waals surface area contributed by atoms with Crippen LogP contribution in [0.25, 0.3) is 0 Å². The molecule has 0 radical (unpaired) electrons. The number of para-hydroxylation sites is 1. The van der Waals surface area contributed by atoms with E-state index in [1.165, 1.54) is 0 Å². The summed E-state index contributed by atoms with van der Waals surface area (Å²) in [7, 11) is 0. The van der Waals surface area contributed by atoms with Crippen molar-refractivity contribution in [2.45, 2.75) is 32.0 Å². The number of carbonyl (C=O) groups excluding carboxylic acids is 1. The van der Waals surface area contributed by atoms with Crippen LogP contribution in [0.2, 0.25) is 0 Å². The van der Waals surface area contributed by atoms with E-state index in [1.54, 1.807) is 18.2 Å². The molecule has 7 heteroatoms. The maximum atomic E-state index is 14.4. The normalized spacial score (nSPS) is 14.8. The fourth-order valence-corrected chi connectivity index (χ4v) is 2.69. The van der Waals surface area contributed by atoms with Gasteiger partial charge in [-0.2, -0.15) is 0 Å². The first-order chi connectivity index (χ1) is 12.7. The summed E-state index contributed by atoms with van der Waals surface area (Å²) in [6.07, 6.45) is 2.04. The van der Waals surface area contributed by atoms with Crippen LogP contribution in [0.15, 0.2) is 36.4 Å². The first kappa shape index (κ1) is 16.5. The molecule has 0 bridgehead atoms. The van der Waals surface area contributed by atoms with Crippen LogP contribution in [-0.2, 0) is 13.1 Å². The topological polar surface area (TPSA) is 68.8 Å². The van der Waals surface area contributed by atoms with Crippen LogP contribution < -0.4 is 24.8 Å². The van der Waals surface area contributed by atoms with Crippen molar-refractivity contribution in [2.24, 2.45) is 0 Å². The molecule has 2 aromatic rings. The van der Waals surface area contributed by atoms with E-state index in [0.717, 1.165) is 18.4 Å². The highest BCUT2D eigenvalue weighted by atomic mass is 19.1. The summed E-state index contributed by atoms with van der Waals surface area (Å²) in [5, 5.41) is 5.39. The Balaban J connectivity index is 1.31. The average Bonchev–Trinajstić information content (AvgIpc) is 3.33. The fourth-order valence-electron chi connectivity index (χ4n) is 2.69. The van der Waals surface area contributed by atoms with Gasteiger partial charge < -0.3 is 24.8 Å². The molecule has 0 unspecified atom stereocenters. The minimum absolute atomic E-state index is 0.0754. The van der Waals surface area contributed by atoms with Crippen molar-refractivity contribution in [1.29, 1.82) is 0 Å². The molecule has 1 aliphatic heterocycles. The number of hydrogen-bond acceptors (Lipinski definition) is 4. The second kappa shape index (κ2) is 7.11. The third kappa shape index (κ3) is 3.66. The molecule has 1 saturated carbocycles. The Bertz CT molecular complexity index is 823. The summed E-state index contributed by atoms with van der Waals surface area (Å²) in [4.78, 5) is 12.0. The lowest BCUT2D eigenvalue weighted by Gasteiger charge is -2.12. The van der Waals surface area contributed by atoms with E-state index in [1.807, 2.05) is 18.2 Å². The standard InChI is InChI=1S/C19H19FN2O4/c20-17-12(3-1-5-15(17)26-14-7-8-14)9-21-19(23)22-10-13-4-2-6-16-18(13)25-11-24-16/h1-6,14H,7-11H2,(H2,21,22,23). The summed E-state index contributed by atoms with van der Waals surface area (Å²) in [5.41, 5.74) is 1.21. The Kier molecular flexibility index (Phi) is 4.51. The molecule has 2 amide bonds. The van der Waals surface area contributed by atoms with Crippen molar-refractivity contribution in [3.8, 4) is 17.2 Å². The smallest absolute Gasteiger partial charge is 0.315 e. The van der Waals surface area contributed by atoms with Gasteiger partial charge in [-0.15, -0.1) is 0 Å². The molecule has 0 saturated heterocycles. The van der Waals surface area contributed by atoms with Crippen LogP contribution in [0, 0.1) is 5.82 Å². The van der Waals surface area contributed by atoms with Gasteiger partial charge >= 0.3 is 6.03 Å². The molecule has 2 aromatic carbocycles. The number of nitrogens with one attached hydrogen (secondary N) is 2. The zero-order valence-corrected chi connectivity index (χ0v) is 14.1. The minimum Gasteiger partial charge on any atom is -0.487 e. The van der Waals surface area contributed by atoms with E-state index in [4.69, 9.17) is 14.2 Å². The van der Waals surface area contributed by atoms with E-state index < -0.39 is 11.8 Å². The van der Waals surface area contributed by atoms with E-state index in [0.29, 0.717) is 17.1 Å². The molecule has 0 spiro atoms. The molecule has 2 N–H and O–H groups in total. The Morgan fingerprint density at radius 2 is 1.81 bits per heavy atom. The number of halogens is 1. The Morgan fingerprint density at radius 1 is 1.08 bits per heavy atom. The maximum absolute atomic E-state index is 14.4. The van der Waals surface area contributed by atoms with Crippen molar-refractivity contribution in [3.05, 3.63) is 53.3 Å². The van der Waals surface area contributed by atoms with Crippen LogP contribution in [0.1, 0.15) is 24.0 Å². The van der Waals surface area contributed by atoms with Gasteiger partial charge in [-0.25, -0.2) is 9.18 Å². The van der Waals surface area contributed by atoms with Crippen LogP contribution in [0.3, 0.4) is 0 Å². The van der Waals surface area contributed by atoms with Gasteiger partial charge in [0.2, 0.25) is 6.79 Å². The van der Waals surface area contributed by atoms with Crippen molar-refractivity contribution >= 4 is 6.03 Å². The summed E-state index contributed by atoms with van der Waals surface area (Å²) >= 11 is 0. The quantitative estimate of drug-likeness (QED) is 0.833. The van der Waals surface area contributed by atoms with E-state index in [2.05, 4.69) is 10.6 Å². The number of amides is 2. The molecule has 26 heavy (non-hydrogen) atoms. The molecular weight excluding hydrogens is 339 g/mol. The van der Waals surface area contributed by atoms with Crippen molar-refractivity contribution in [1.82, 2.24) is 10.6 Å². The predicted octanol–water partition coefficient (Wildman–Crippen LogP) is 3.10. The minimum atomic E-state index is -0.425. The van der Waals surface area contributed by atoms with E-state index >= 15 is 0 Å². The molecule has 1 fully saturated rings. The fraction of sp³-hybridized carbons (Fsp3) is 0.316. The lowest BCUT2D eigenvalue weighted by molar-refractivity contribution is 0.173. The molecule has 1 aliphatic carbocycles. The van der Waals surface area contributed by atoms with Crippen molar-refractivity contribution < 1.29 is 23.4 Å². The zero-order chi connectivity index (χ0) is 17.9. The molecule has 0 aromatic heterocycles. The SMILES string of the molecule is O=C(NCc1cccc(OC2CC2)c1F)NCc1cccc2c1OCO2. The molecule has 6 nitrogen and oxygen atoms in total. The van der Waals surface area contributed by atoms with Crippen LogP contribution in [0.4, 0.5) is 9.18 Å². The first-order valence-electron chi connectivity index (χ1n) is 8.54. The Hall–Kier alpha value is -2.96. The molecule has 1 heterocycles. The van der Waals surface area contributed by atoms with Gasteiger partial charge in [0.15, 0.2) is 23.1 Å². The van der Waals surface area contributed by atoms with Gasteiger partial charge in [0.05, 0.1) is 6.10 Å². The van der Waals surface area contributed by atoms with Crippen LogP contribution in [0.5, 0.6) is 17.2 Å². The highest BCUT2D eigenvalue weighted by molar-refractivity contribution is 5.74. The second-order valence-electron chi connectivity index (χ2n) is 6.23. The number of fused-ring (bicyclic) bond motifs is 1. The summed E-state index contributed by atoms with van der Waals surface area (Å²) < 4.78 is 30.6. The zero-order valence-electron chi connectivity index (χ0n) is 14.1. The second-order valence-corrected chi connectivity index (χ2v) is 6.23. The number of rotatable bonds is 6. The summed E-state index contributed by atoms with van der Waals surface area (Å²) in [5.74, 6) is 1.12. The highest BCUT2D eigenvalue weighted by Gasteiger charge is 2.25. The predicted molar refractivity (Wildman–Crippen MR) is 91.7 cm³/mol. The Labute approximate surface area is 150 Å². The molecule has 136 valence electrons. The number of urea groups is 1. The van der Waals surface area contributed by atoms with Gasteiger partial charge in [-0.05, 0) is 25.0 Å². The third-order valence-corrected chi connectivity index (χ3v) is 4.22.